The van der Waals surface area contributed by atoms with Crippen molar-refractivity contribution < 1.29 is 4.79 Å². The zero-order valence-corrected chi connectivity index (χ0v) is 19.5. The maximum atomic E-state index is 12.9. The minimum Gasteiger partial charge on any atom is -0.370 e. The Morgan fingerprint density at radius 1 is 1.26 bits per heavy atom. The Hall–Kier alpha value is -2.60. The molecule has 164 valence electrons. The second-order valence-corrected chi connectivity index (χ2v) is 9.43. The molecule has 1 amide bonds. The zero-order valence-electron chi connectivity index (χ0n) is 18.7. The first-order valence-corrected chi connectivity index (χ1v) is 12.1. The molecule has 1 fully saturated rings. The van der Waals surface area contributed by atoms with E-state index in [1.54, 1.807) is 11.3 Å². The molecule has 0 bridgehead atoms. The summed E-state index contributed by atoms with van der Waals surface area (Å²) in [4.78, 5) is 22.4. The molecule has 0 spiro atoms. The van der Waals surface area contributed by atoms with Crippen molar-refractivity contribution in [1.29, 1.82) is 0 Å². The summed E-state index contributed by atoms with van der Waals surface area (Å²) in [6, 6.07) is 14.8. The molecule has 0 saturated carbocycles. The number of fused-ring (bicyclic) bond motifs is 1. The molecule has 6 heteroatoms. The van der Waals surface area contributed by atoms with Gasteiger partial charge in [-0.3, -0.25) is 4.79 Å². The average Bonchev–Trinajstić information content (AvgIpc) is 3.22. The lowest BCUT2D eigenvalue weighted by Gasteiger charge is -2.32. The standard InChI is InChI=1S/C25H32N4OS/c1-4-28(21-10-6-5-7-11-21)14-12-26-24(30)20-9-8-13-29(17-20)25-27-23-19(3)15-18(2)16-22(23)31-25/h5-7,10-11,15-16,20H,4,8-9,12-14,17H2,1-3H3,(H,26,30)/t20-/m0/s1. The Bertz CT molecular complexity index is 1030. The fourth-order valence-corrected chi connectivity index (χ4v) is 5.60. The summed E-state index contributed by atoms with van der Waals surface area (Å²) < 4.78 is 1.24. The molecule has 4 rings (SSSR count). The van der Waals surface area contributed by atoms with E-state index in [9.17, 15) is 4.79 Å². The third-order valence-electron chi connectivity index (χ3n) is 6.07. The summed E-state index contributed by atoms with van der Waals surface area (Å²) in [6.45, 7) is 10.5. The van der Waals surface area contributed by atoms with Gasteiger partial charge in [-0.15, -0.1) is 0 Å². The van der Waals surface area contributed by atoms with Crippen LogP contribution in [0.5, 0.6) is 0 Å². The maximum Gasteiger partial charge on any atom is 0.224 e. The Kier molecular flexibility index (Phi) is 6.76. The molecule has 0 unspecified atom stereocenters. The molecule has 1 aliphatic heterocycles. The van der Waals surface area contributed by atoms with Gasteiger partial charge in [0.25, 0.3) is 0 Å². The summed E-state index contributed by atoms with van der Waals surface area (Å²) >= 11 is 1.74. The third-order valence-corrected chi connectivity index (χ3v) is 7.13. The van der Waals surface area contributed by atoms with Crippen LogP contribution in [0.3, 0.4) is 0 Å². The van der Waals surface area contributed by atoms with Crippen molar-refractivity contribution in [2.24, 2.45) is 5.92 Å². The third kappa shape index (κ3) is 5.01. The number of hydrogen-bond donors (Lipinski definition) is 1. The van der Waals surface area contributed by atoms with Crippen molar-refractivity contribution in [3.05, 3.63) is 53.6 Å². The van der Waals surface area contributed by atoms with Gasteiger partial charge >= 0.3 is 0 Å². The Labute approximate surface area is 189 Å². The van der Waals surface area contributed by atoms with Gasteiger partial charge in [-0.1, -0.05) is 35.6 Å². The fraction of sp³-hybridized carbons (Fsp3) is 0.440. The highest BCUT2D eigenvalue weighted by atomic mass is 32.1. The molecule has 1 aromatic heterocycles. The number of benzene rings is 2. The van der Waals surface area contributed by atoms with Crippen molar-refractivity contribution in [2.45, 2.75) is 33.6 Å². The molecule has 0 radical (unpaired) electrons. The Morgan fingerprint density at radius 2 is 2.06 bits per heavy atom. The van der Waals surface area contributed by atoms with E-state index in [1.165, 1.54) is 21.5 Å². The molecular weight excluding hydrogens is 404 g/mol. The van der Waals surface area contributed by atoms with E-state index in [1.807, 2.05) is 6.07 Å². The first-order valence-electron chi connectivity index (χ1n) is 11.3. The van der Waals surface area contributed by atoms with Crippen molar-refractivity contribution in [3.63, 3.8) is 0 Å². The van der Waals surface area contributed by atoms with Crippen LogP contribution in [0.4, 0.5) is 10.8 Å². The number of carbonyl (C=O) groups excluding carboxylic acids is 1. The maximum absolute atomic E-state index is 12.9. The molecule has 2 heterocycles. The van der Waals surface area contributed by atoms with Gasteiger partial charge in [-0.2, -0.15) is 0 Å². The number of aryl methyl sites for hydroxylation is 2. The minimum atomic E-state index is 0.0235. The molecule has 1 aliphatic rings. The van der Waals surface area contributed by atoms with Crippen LogP contribution in [0, 0.1) is 19.8 Å². The monoisotopic (exact) mass is 436 g/mol. The van der Waals surface area contributed by atoms with Gasteiger partial charge in [-0.25, -0.2) is 4.98 Å². The number of aromatic nitrogens is 1. The highest BCUT2D eigenvalue weighted by Gasteiger charge is 2.27. The van der Waals surface area contributed by atoms with Crippen molar-refractivity contribution >= 4 is 38.3 Å². The topological polar surface area (TPSA) is 48.5 Å². The molecule has 31 heavy (non-hydrogen) atoms. The average molecular weight is 437 g/mol. The largest absolute Gasteiger partial charge is 0.370 e. The first kappa shape index (κ1) is 21.6. The summed E-state index contributed by atoms with van der Waals surface area (Å²) in [5.41, 5.74) is 4.79. The number of amides is 1. The van der Waals surface area contributed by atoms with Crippen LogP contribution in [-0.2, 0) is 4.79 Å². The number of rotatable bonds is 7. The molecule has 5 nitrogen and oxygen atoms in total. The highest BCUT2D eigenvalue weighted by molar-refractivity contribution is 7.22. The molecule has 0 aliphatic carbocycles. The molecule has 2 aromatic carbocycles. The lowest BCUT2D eigenvalue weighted by Crippen LogP contribution is -2.44. The predicted molar refractivity (Wildman–Crippen MR) is 131 cm³/mol. The van der Waals surface area contributed by atoms with Crippen molar-refractivity contribution in [3.8, 4) is 0 Å². The number of nitrogens with one attached hydrogen (secondary N) is 1. The minimum absolute atomic E-state index is 0.0235. The lowest BCUT2D eigenvalue weighted by molar-refractivity contribution is -0.125. The van der Waals surface area contributed by atoms with E-state index in [-0.39, 0.29) is 11.8 Å². The smallest absolute Gasteiger partial charge is 0.224 e. The van der Waals surface area contributed by atoms with Gasteiger partial charge in [0, 0.05) is 38.4 Å². The van der Waals surface area contributed by atoms with Crippen LogP contribution in [0.15, 0.2) is 42.5 Å². The van der Waals surface area contributed by atoms with Crippen LogP contribution in [0.25, 0.3) is 10.2 Å². The second-order valence-electron chi connectivity index (χ2n) is 8.42. The Balaban J connectivity index is 1.35. The number of anilines is 2. The van der Waals surface area contributed by atoms with Crippen LogP contribution in [0.2, 0.25) is 0 Å². The van der Waals surface area contributed by atoms with E-state index >= 15 is 0 Å². The SMILES string of the molecule is CCN(CCNC(=O)[C@H]1CCCN(c2nc3c(C)cc(C)cc3s2)C1)c1ccccc1. The van der Waals surface area contributed by atoms with E-state index < -0.39 is 0 Å². The van der Waals surface area contributed by atoms with Gasteiger partial charge in [0.2, 0.25) is 5.91 Å². The summed E-state index contributed by atoms with van der Waals surface area (Å²) in [5.74, 6) is 0.192. The summed E-state index contributed by atoms with van der Waals surface area (Å²) in [6.07, 6.45) is 1.97. The van der Waals surface area contributed by atoms with Gasteiger partial charge < -0.3 is 15.1 Å². The normalized spacial score (nSPS) is 16.5. The molecule has 1 atom stereocenters. The summed E-state index contributed by atoms with van der Waals surface area (Å²) in [5, 5.41) is 4.22. The van der Waals surface area contributed by atoms with Gasteiger partial charge in [0.05, 0.1) is 16.1 Å². The van der Waals surface area contributed by atoms with Gasteiger partial charge in [0.15, 0.2) is 5.13 Å². The van der Waals surface area contributed by atoms with E-state index in [0.717, 1.165) is 49.7 Å². The summed E-state index contributed by atoms with van der Waals surface area (Å²) in [7, 11) is 0. The number of hydrogen-bond acceptors (Lipinski definition) is 5. The second kappa shape index (κ2) is 9.69. The van der Waals surface area contributed by atoms with Gasteiger partial charge in [0.1, 0.15) is 0 Å². The van der Waals surface area contributed by atoms with Crippen LogP contribution >= 0.6 is 11.3 Å². The first-order chi connectivity index (χ1) is 15.0. The number of carbonyl (C=O) groups is 1. The predicted octanol–water partition coefficient (Wildman–Crippen LogP) is 4.77. The number of likely N-dealkylation sites (N-methyl/N-ethyl adjacent to an activating group) is 1. The van der Waals surface area contributed by atoms with Crippen LogP contribution in [0.1, 0.15) is 30.9 Å². The van der Waals surface area contributed by atoms with Crippen molar-refractivity contribution in [2.75, 3.05) is 42.5 Å². The lowest BCUT2D eigenvalue weighted by atomic mass is 9.97. The van der Waals surface area contributed by atoms with E-state index in [0.29, 0.717) is 6.54 Å². The van der Waals surface area contributed by atoms with E-state index in [2.05, 4.69) is 72.3 Å². The molecule has 3 aromatic rings. The quantitative estimate of drug-likeness (QED) is 0.579. The highest BCUT2D eigenvalue weighted by Crippen LogP contribution is 2.33. The number of thiazole rings is 1. The van der Waals surface area contributed by atoms with Gasteiger partial charge in [-0.05, 0) is 62.9 Å². The molecule has 1 N–H and O–H groups in total. The number of para-hydroxylation sites is 1. The molecule has 1 saturated heterocycles. The van der Waals surface area contributed by atoms with E-state index in [4.69, 9.17) is 4.98 Å². The van der Waals surface area contributed by atoms with Crippen molar-refractivity contribution in [1.82, 2.24) is 10.3 Å². The number of piperidine rings is 1. The zero-order chi connectivity index (χ0) is 21.8. The van der Waals surface area contributed by atoms with Crippen LogP contribution in [-0.4, -0.2) is 43.6 Å². The Morgan fingerprint density at radius 3 is 2.84 bits per heavy atom. The van der Waals surface area contributed by atoms with Crippen LogP contribution < -0.4 is 15.1 Å². The fourth-order valence-electron chi connectivity index (χ4n) is 4.43. The number of nitrogens with zero attached hydrogens (tertiary/aromatic N) is 3. The molecular formula is C25H32N4OS.